The van der Waals surface area contributed by atoms with Gasteiger partial charge in [0.2, 0.25) is 0 Å². The first kappa shape index (κ1) is 13.6. The highest BCUT2D eigenvalue weighted by atomic mass is 16.5. The molecule has 0 amide bonds. The second kappa shape index (κ2) is 5.41. The van der Waals surface area contributed by atoms with E-state index in [1.807, 2.05) is 14.2 Å². The minimum Gasteiger partial charge on any atom is -0.376 e. The van der Waals surface area contributed by atoms with Crippen LogP contribution in [0, 0.1) is 13.8 Å². The van der Waals surface area contributed by atoms with Crippen molar-refractivity contribution in [2.45, 2.75) is 51.2 Å². The molecular formula is C16H25NO. The molecule has 1 aliphatic carbocycles. The fourth-order valence-corrected chi connectivity index (χ4v) is 3.36. The Kier molecular flexibility index (Phi) is 4.08. The SMILES string of the molecule is CNC(c1cc(C)ccc1C)C1(OC)CCCC1. The molecule has 2 nitrogen and oxygen atoms in total. The van der Waals surface area contributed by atoms with Crippen LogP contribution < -0.4 is 5.32 Å². The highest BCUT2D eigenvalue weighted by molar-refractivity contribution is 5.35. The smallest absolute Gasteiger partial charge is 0.0872 e. The van der Waals surface area contributed by atoms with E-state index >= 15 is 0 Å². The summed E-state index contributed by atoms with van der Waals surface area (Å²) in [6.45, 7) is 4.35. The van der Waals surface area contributed by atoms with E-state index in [2.05, 4.69) is 37.4 Å². The number of nitrogens with one attached hydrogen (secondary N) is 1. The summed E-state index contributed by atoms with van der Waals surface area (Å²) in [5, 5.41) is 3.50. The van der Waals surface area contributed by atoms with E-state index in [9.17, 15) is 0 Å². The fourth-order valence-electron chi connectivity index (χ4n) is 3.36. The largest absolute Gasteiger partial charge is 0.376 e. The molecule has 0 bridgehead atoms. The Bertz CT molecular complexity index is 408. The number of likely N-dealkylation sites (N-methyl/N-ethyl adjacent to an activating group) is 1. The van der Waals surface area contributed by atoms with Gasteiger partial charge in [0.15, 0.2) is 0 Å². The number of benzene rings is 1. The van der Waals surface area contributed by atoms with Crippen LogP contribution in [0.4, 0.5) is 0 Å². The van der Waals surface area contributed by atoms with Gasteiger partial charge in [-0.15, -0.1) is 0 Å². The van der Waals surface area contributed by atoms with Gasteiger partial charge < -0.3 is 10.1 Å². The Morgan fingerprint density at radius 3 is 2.44 bits per heavy atom. The van der Waals surface area contributed by atoms with Crippen LogP contribution in [-0.2, 0) is 4.74 Å². The maximum atomic E-state index is 5.94. The third-order valence-electron chi connectivity index (χ3n) is 4.42. The van der Waals surface area contributed by atoms with Gasteiger partial charge in [-0.1, -0.05) is 36.6 Å². The molecule has 1 N–H and O–H groups in total. The number of ether oxygens (including phenoxy) is 1. The Labute approximate surface area is 111 Å². The molecule has 1 saturated carbocycles. The van der Waals surface area contributed by atoms with Crippen LogP contribution in [0.3, 0.4) is 0 Å². The van der Waals surface area contributed by atoms with Crippen molar-refractivity contribution in [3.63, 3.8) is 0 Å². The van der Waals surface area contributed by atoms with E-state index in [-0.39, 0.29) is 5.60 Å². The summed E-state index contributed by atoms with van der Waals surface area (Å²) in [4.78, 5) is 0. The molecule has 0 saturated heterocycles. The highest BCUT2D eigenvalue weighted by Crippen LogP contribution is 2.43. The third kappa shape index (κ3) is 2.32. The zero-order valence-corrected chi connectivity index (χ0v) is 12.0. The quantitative estimate of drug-likeness (QED) is 0.879. The van der Waals surface area contributed by atoms with Crippen LogP contribution >= 0.6 is 0 Å². The van der Waals surface area contributed by atoms with Gasteiger partial charge in [0, 0.05) is 7.11 Å². The lowest BCUT2D eigenvalue weighted by atomic mass is 9.84. The Balaban J connectivity index is 2.40. The van der Waals surface area contributed by atoms with Crippen molar-refractivity contribution in [1.82, 2.24) is 5.32 Å². The van der Waals surface area contributed by atoms with E-state index in [0.717, 1.165) is 12.8 Å². The van der Waals surface area contributed by atoms with Gasteiger partial charge in [-0.3, -0.25) is 0 Å². The zero-order valence-electron chi connectivity index (χ0n) is 12.0. The predicted octanol–water partition coefficient (Wildman–Crippen LogP) is 3.52. The first-order valence-electron chi connectivity index (χ1n) is 6.92. The van der Waals surface area contributed by atoms with Crippen molar-refractivity contribution >= 4 is 0 Å². The molecule has 1 fully saturated rings. The van der Waals surface area contributed by atoms with Gasteiger partial charge in [-0.05, 0) is 44.9 Å². The lowest BCUT2D eigenvalue weighted by Gasteiger charge is -2.37. The number of rotatable bonds is 4. The van der Waals surface area contributed by atoms with E-state index in [1.165, 1.54) is 29.5 Å². The molecule has 0 heterocycles. The van der Waals surface area contributed by atoms with E-state index in [4.69, 9.17) is 4.74 Å². The van der Waals surface area contributed by atoms with Crippen molar-refractivity contribution in [2.24, 2.45) is 0 Å². The lowest BCUT2D eigenvalue weighted by Crippen LogP contribution is -2.42. The van der Waals surface area contributed by atoms with Crippen LogP contribution in [0.1, 0.15) is 48.4 Å². The van der Waals surface area contributed by atoms with E-state index < -0.39 is 0 Å². The molecule has 1 unspecified atom stereocenters. The third-order valence-corrected chi connectivity index (χ3v) is 4.42. The second-order valence-electron chi connectivity index (χ2n) is 5.56. The van der Waals surface area contributed by atoms with Gasteiger partial charge in [0.25, 0.3) is 0 Å². The van der Waals surface area contributed by atoms with Crippen LogP contribution in [-0.4, -0.2) is 19.8 Å². The molecule has 0 aliphatic heterocycles. The topological polar surface area (TPSA) is 21.3 Å². The van der Waals surface area contributed by atoms with Gasteiger partial charge in [-0.2, -0.15) is 0 Å². The molecule has 2 heteroatoms. The lowest BCUT2D eigenvalue weighted by molar-refractivity contribution is -0.0350. The number of aryl methyl sites for hydroxylation is 2. The molecule has 1 aliphatic rings. The zero-order chi connectivity index (χ0) is 13.2. The van der Waals surface area contributed by atoms with Gasteiger partial charge in [-0.25, -0.2) is 0 Å². The van der Waals surface area contributed by atoms with Crippen molar-refractivity contribution < 1.29 is 4.74 Å². The second-order valence-corrected chi connectivity index (χ2v) is 5.56. The van der Waals surface area contributed by atoms with Crippen molar-refractivity contribution in [3.8, 4) is 0 Å². The van der Waals surface area contributed by atoms with Gasteiger partial charge in [0.1, 0.15) is 0 Å². The molecule has 0 spiro atoms. The fraction of sp³-hybridized carbons (Fsp3) is 0.625. The van der Waals surface area contributed by atoms with Crippen molar-refractivity contribution in [1.29, 1.82) is 0 Å². The summed E-state index contributed by atoms with van der Waals surface area (Å²) in [5.41, 5.74) is 4.04. The Morgan fingerprint density at radius 2 is 1.89 bits per heavy atom. The number of hydrogen-bond donors (Lipinski definition) is 1. The van der Waals surface area contributed by atoms with Crippen LogP contribution in [0.5, 0.6) is 0 Å². The standard InChI is InChI=1S/C16H25NO/c1-12-7-8-13(2)14(11-12)15(17-3)16(18-4)9-5-6-10-16/h7-8,11,15,17H,5-6,9-10H2,1-4H3. The molecule has 18 heavy (non-hydrogen) atoms. The number of methoxy groups -OCH3 is 1. The van der Waals surface area contributed by atoms with Crippen LogP contribution in [0.25, 0.3) is 0 Å². The molecule has 0 radical (unpaired) electrons. The summed E-state index contributed by atoms with van der Waals surface area (Å²) in [6, 6.07) is 6.99. The summed E-state index contributed by atoms with van der Waals surface area (Å²) < 4.78 is 5.94. The van der Waals surface area contributed by atoms with Crippen LogP contribution in [0.2, 0.25) is 0 Å². The molecule has 1 aromatic rings. The van der Waals surface area contributed by atoms with E-state index in [0.29, 0.717) is 6.04 Å². The Morgan fingerprint density at radius 1 is 1.22 bits per heavy atom. The molecule has 100 valence electrons. The summed E-state index contributed by atoms with van der Waals surface area (Å²) in [7, 11) is 3.91. The van der Waals surface area contributed by atoms with Gasteiger partial charge >= 0.3 is 0 Å². The molecule has 2 rings (SSSR count). The minimum absolute atomic E-state index is 0.0205. The average Bonchev–Trinajstić information content (AvgIpc) is 2.84. The van der Waals surface area contributed by atoms with Crippen molar-refractivity contribution in [2.75, 3.05) is 14.2 Å². The first-order chi connectivity index (χ1) is 8.63. The molecule has 1 aromatic carbocycles. The monoisotopic (exact) mass is 247 g/mol. The molecule has 1 atom stereocenters. The molecular weight excluding hydrogens is 222 g/mol. The highest BCUT2D eigenvalue weighted by Gasteiger charge is 2.42. The summed E-state index contributed by atoms with van der Waals surface area (Å²) in [6.07, 6.45) is 4.86. The minimum atomic E-state index is -0.0205. The normalized spacial score (nSPS) is 20.0. The average molecular weight is 247 g/mol. The summed E-state index contributed by atoms with van der Waals surface area (Å²) in [5.74, 6) is 0. The predicted molar refractivity (Wildman–Crippen MR) is 75.9 cm³/mol. The summed E-state index contributed by atoms with van der Waals surface area (Å²) >= 11 is 0. The van der Waals surface area contributed by atoms with Crippen molar-refractivity contribution in [3.05, 3.63) is 34.9 Å². The van der Waals surface area contributed by atoms with Crippen LogP contribution in [0.15, 0.2) is 18.2 Å². The number of hydrogen-bond acceptors (Lipinski definition) is 2. The maximum absolute atomic E-state index is 5.94. The molecule has 0 aromatic heterocycles. The maximum Gasteiger partial charge on any atom is 0.0872 e. The van der Waals surface area contributed by atoms with Gasteiger partial charge in [0.05, 0.1) is 11.6 Å². The first-order valence-corrected chi connectivity index (χ1v) is 6.92. The Hall–Kier alpha value is -0.860. The van der Waals surface area contributed by atoms with E-state index in [1.54, 1.807) is 0 Å².